The zero-order valence-electron chi connectivity index (χ0n) is 11.2. The second kappa shape index (κ2) is 6.45. The number of rotatable bonds is 6. The van der Waals surface area contributed by atoms with Crippen molar-refractivity contribution in [2.45, 2.75) is 16.8 Å². The summed E-state index contributed by atoms with van der Waals surface area (Å²) in [5.41, 5.74) is -4.68. The Bertz CT molecular complexity index is 525. The highest BCUT2D eigenvalue weighted by Gasteiger charge is 2.46. The molecular weight excluding hydrogens is 293 g/mol. The molecule has 114 valence electrons. The van der Waals surface area contributed by atoms with Crippen LogP contribution in [-0.2, 0) is 9.84 Å². The van der Waals surface area contributed by atoms with Crippen LogP contribution in [-0.4, -0.2) is 46.0 Å². The molecular formula is C12H17F3N2O2S. The number of halogens is 3. The molecule has 0 saturated heterocycles. The van der Waals surface area contributed by atoms with Gasteiger partial charge in [0.25, 0.3) is 9.84 Å². The van der Waals surface area contributed by atoms with Gasteiger partial charge in [-0.3, -0.25) is 0 Å². The molecule has 20 heavy (non-hydrogen) atoms. The number of nitrogens with zero attached hydrogens (tertiary/aromatic N) is 1. The average Bonchev–Trinajstić information content (AvgIpc) is 2.33. The smallest absolute Gasteiger partial charge is 0.385 e. The predicted molar refractivity (Wildman–Crippen MR) is 71.3 cm³/mol. The maximum absolute atomic E-state index is 12.3. The molecule has 0 unspecified atom stereocenters. The summed E-state index contributed by atoms with van der Waals surface area (Å²) in [6.45, 7) is 1.54. The maximum Gasteiger partial charge on any atom is 0.501 e. The van der Waals surface area contributed by atoms with Crippen LogP contribution in [0.4, 0.5) is 18.9 Å². The number of anilines is 1. The molecule has 0 aromatic heterocycles. The van der Waals surface area contributed by atoms with Gasteiger partial charge in [-0.2, -0.15) is 13.2 Å². The van der Waals surface area contributed by atoms with E-state index in [4.69, 9.17) is 0 Å². The predicted octanol–water partition coefficient (Wildman–Crippen LogP) is 2.34. The van der Waals surface area contributed by atoms with Crippen molar-refractivity contribution in [1.82, 2.24) is 4.90 Å². The zero-order valence-corrected chi connectivity index (χ0v) is 12.1. The van der Waals surface area contributed by atoms with Crippen molar-refractivity contribution in [1.29, 1.82) is 0 Å². The minimum Gasteiger partial charge on any atom is -0.385 e. The van der Waals surface area contributed by atoms with Gasteiger partial charge in [0, 0.05) is 12.2 Å². The molecule has 4 nitrogen and oxygen atoms in total. The van der Waals surface area contributed by atoms with Gasteiger partial charge in [0.1, 0.15) is 0 Å². The van der Waals surface area contributed by atoms with Gasteiger partial charge in [-0.15, -0.1) is 0 Å². The minimum atomic E-state index is -5.27. The Kier molecular flexibility index (Phi) is 5.41. The van der Waals surface area contributed by atoms with E-state index in [9.17, 15) is 21.6 Å². The summed E-state index contributed by atoms with van der Waals surface area (Å²) in [6, 6.07) is 4.57. The Morgan fingerprint density at radius 1 is 1.15 bits per heavy atom. The summed E-state index contributed by atoms with van der Waals surface area (Å²) >= 11 is 0. The highest BCUT2D eigenvalue weighted by atomic mass is 32.2. The van der Waals surface area contributed by atoms with Gasteiger partial charge < -0.3 is 10.2 Å². The van der Waals surface area contributed by atoms with Gasteiger partial charge in [0.05, 0.1) is 4.90 Å². The molecule has 1 rings (SSSR count). The van der Waals surface area contributed by atoms with Crippen LogP contribution in [0.3, 0.4) is 0 Å². The normalized spacial score (nSPS) is 12.7. The molecule has 0 bridgehead atoms. The molecule has 0 aliphatic heterocycles. The lowest BCUT2D eigenvalue weighted by Gasteiger charge is -2.11. The first-order valence-electron chi connectivity index (χ1n) is 5.94. The second-order valence-corrected chi connectivity index (χ2v) is 6.50. The van der Waals surface area contributed by atoms with Gasteiger partial charge in [0.2, 0.25) is 0 Å². The van der Waals surface area contributed by atoms with Gasteiger partial charge >= 0.3 is 5.51 Å². The quantitative estimate of drug-likeness (QED) is 0.820. The van der Waals surface area contributed by atoms with Gasteiger partial charge in [-0.25, -0.2) is 8.42 Å². The van der Waals surface area contributed by atoms with Crippen molar-refractivity contribution in [3.63, 3.8) is 0 Å². The lowest BCUT2D eigenvalue weighted by Crippen LogP contribution is -2.23. The van der Waals surface area contributed by atoms with Crippen LogP contribution < -0.4 is 5.32 Å². The van der Waals surface area contributed by atoms with Crippen molar-refractivity contribution >= 4 is 15.5 Å². The van der Waals surface area contributed by atoms with Crippen LogP contribution >= 0.6 is 0 Å². The maximum atomic E-state index is 12.3. The topological polar surface area (TPSA) is 49.4 Å². The van der Waals surface area contributed by atoms with Crippen LogP contribution in [0.1, 0.15) is 6.42 Å². The van der Waals surface area contributed by atoms with E-state index in [0.717, 1.165) is 25.1 Å². The van der Waals surface area contributed by atoms with Gasteiger partial charge in [-0.1, -0.05) is 0 Å². The van der Waals surface area contributed by atoms with Crippen molar-refractivity contribution in [3.05, 3.63) is 24.3 Å². The first-order chi connectivity index (χ1) is 9.14. The molecule has 0 saturated carbocycles. The number of alkyl halides is 3. The van der Waals surface area contributed by atoms with E-state index < -0.39 is 20.2 Å². The summed E-state index contributed by atoms with van der Waals surface area (Å²) in [5, 5.41) is 3.01. The zero-order chi connectivity index (χ0) is 15.4. The molecule has 0 heterocycles. The van der Waals surface area contributed by atoms with E-state index in [1.165, 1.54) is 12.1 Å². The van der Waals surface area contributed by atoms with Crippen molar-refractivity contribution < 1.29 is 21.6 Å². The Labute approximate surface area is 116 Å². The number of hydrogen-bond acceptors (Lipinski definition) is 4. The monoisotopic (exact) mass is 310 g/mol. The second-order valence-electron chi connectivity index (χ2n) is 4.56. The van der Waals surface area contributed by atoms with E-state index >= 15 is 0 Å². The van der Waals surface area contributed by atoms with Crippen LogP contribution in [0, 0.1) is 0 Å². The Morgan fingerprint density at radius 2 is 1.70 bits per heavy atom. The van der Waals surface area contributed by atoms with Crippen LogP contribution in [0.5, 0.6) is 0 Å². The molecule has 0 radical (unpaired) electrons. The van der Waals surface area contributed by atoms with Crippen LogP contribution in [0.25, 0.3) is 0 Å². The first kappa shape index (κ1) is 16.8. The number of hydrogen-bond donors (Lipinski definition) is 1. The number of sulfone groups is 1. The van der Waals surface area contributed by atoms with Crippen molar-refractivity contribution in [3.8, 4) is 0 Å². The molecule has 0 spiro atoms. The third-order valence-electron chi connectivity index (χ3n) is 2.58. The molecule has 1 N–H and O–H groups in total. The van der Waals surface area contributed by atoms with E-state index in [1.54, 1.807) is 0 Å². The molecule has 8 heteroatoms. The Morgan fingerprint density at radius 3 is 2.15 bits per heavy atom. The highest BCUT2D eigenvalue weighted by Crippen LogP contribution is 2.30. The standard InChI is InChI=1S/C12H17F3N2O2S/c1-17(2)9-3-8-16-10-4-6-11(7-5-10)20(18,19)12(13,14)15/h4-7,16H,3,8-9H2,1-2H3. The largest absolute Gasteiger partial charge is 0.501 e. The average molecular weight is 310 g/mol. The Balaban J connectivity index is 2.66. The van der Waals surface area contributed by atoms with Crippen molar-refractivity contribution in [2.24, 2.45) is 0 Å². The lowest BCUT2D eigenvalue weighted by atomic mass is 10.3. The fraction of sp³-hybridized carbons (Fsp3) is 0.500. The van der Waals surface area contributed by atoms with E-state index in [-0.39, 0.29) is 0 Å². The van der Waals surface area contributed by atoms with E-state index in [2.05, 4.69) is 5.32 Å². The van der Waals surface area contributed by atoms with Crippen molar-refractivity contribution in [2.75, 3.05) is 32.5 Å². The summed E-state index contributed by atoms with van der Waals surface area (Å²) in [4.78, 5) is 1.27. The molecule has 0 fully saturated rings. The third-order valence-corrected chi connectivity index (χ3v) is 4.08. The molecule has 0 aliphatic rings. The van der Waals surface area contributed by atoms with E-state index in [0.29, 0.717) is 12.2 Å². The SMILES string of the molecule is CN(C)CCCNc1ccc(S(=O)(=O)C(F)(F)F)cc1. The highest BCUT2D eigenvalue weighted by molar-refractivity contribution is 7.92. The number of nitrogens with one attached hydrogen (secondary N) is 1. The van der Waals surface area contributed by atoms with E-state index in [1.807, 2.05) is 19.0 Å². The molecule has 0 amide bonds. The molecule has 1 aromatic rings. The van der Waals surface area contributed by atoms with Crippen LogP contribution in [0.15, 0.2) is 29.2 Å². The fourth-order valence-electron chi connectivity index (χ4n) is 1.51. The number of benzene rings is 1. The summed E-state index contributed by atoms with van der Waals surface area (Å²) in [7, 11) is -1.38. The van der Waals surface area contributed by atoms with Gasteiger partial charge in [0.15, 0.2) is 0 Å². The minimum absolute atomic E-state index is 0.588. The molecule has 1 aromatic carbocycles. The summed E-state index contributed by atoms with van der Waals surface area (Å²) in [5.74, 6) is 0. The fourth-order valence-corrected chi connectivity index (χ4v) is 2.28. The molecule has 0 aliphatic carbocycles. The van der Waals surface area contributed by atoms with Crippen LogP contribution in [0.2, 0.25) is 0 Å². The Hall–Kier alpha value is -1.28. The summed E-state index contributed by atoms with van der Waals surface area (Å²) < 4.78 is 59.3. The third kappa shape index (κ3) is 4.38. The summed E-state index contributed by atoms with van der Waals surface area (Å²) in [6.07, 6.45) is 0.871. The lowest BCUT2D eigenvalue weighted by molar-refractivity contribution is -0.0436. The first-order valence-corrected chi connectivity index (χ1v) is 7.43. The van der Waals surface area contributed by atoms with Gasteiger partial charge in [-0.05, 0) is 51.3 Å². The molecule has 0 atom stereocenters.